The van der Waals surface area contributed by atoms with Crippen LogP contribution in [-0.4, -0.2) is 56.3 Å². The number of nitrogens with one attached hydrogen (secondary N) is 2. The van der Waals surface area contributed by atoms with Gasteiger partial charge in [-0.25, -0.2) is 4.39 Å². The Kier molecular flexibility index (Phi) is 5.68. The lowest BCUT2D eigenvalue weighted by molar-refractivity contribution is 0.0992. The molecule has 24 heavy (non-hydrogen) atoms. The highest BCUT2D eigenvalue weighted by molar-refractivity contribution is 5.80. The Hall–Kier alpha value is -1.66. The van der Waals surface area contributed by atoms with Crippen LogP contribution in [0.25, 0.3) is 0 Å². The van der Waals surface area contributed by atoms with Crippen molar-refractivity contribution < 1.29 is 9.13 Å². The molecule has 0 aromatic heterocycles. The van der Waals surface area contributed by atoms with Crippen LogP contribution in [0.1, 0.15) is 24.8 Å². The van der Waals surface area contributed by atoms with Gasteiger partial charge < -0.3 is 20.3 Å². The summed E-state index contributed by atoms with van der Waals surface area (Å²) in [5.74, 6) is 0.647. The van der Waals surface area contributed by atoms with Gasteiger partial charge in [-0.1, -0.05) is 12.1 Å². The van der Waals surface area contributed by atoms with Gasteiger partial charge in [0.15, 0.2) is 5.96 Å². The van der Waals surface area contributed by atoms with Gasteiger partial charge in [-0.05, 0) is 44.0 Å². The summed E-state index contributed by atoms with van der Waals surface area (Å²) in [7, 11) is 3.86. The quantitative estimate of drug-likeness (QED) is 0.615. The molecule has 2 N–H and O–H groups in total. The lowest BCUT2D eigenvalue weighted by atomic mass is 9.96. The summed E-state index contributed by atoms with van der Waals surface area (Å²) >= 11 is 0. The first-order valence-corrected chi connectivity index (χ1v) is 8.69. The van der Waals surface area contributed by atoms with E-state index < -0.39 is 0 Å². The van der Waals surface area contributed by atoms with Crippen LogP contribution in [0.5, 0.6) is 0 Å². The first kappa shape index (κ1) is 17.2. The fourth-order valence-electron chi connectivity index (χ4n) is 3.51. The van der Waals surface area contributed by atoms with E-state index >= 15 is 0 Å². The van der Waals surface area contributed by atoms with Crippen LogP contribution < -0.4 is 10.6 Å². The Labute approximate surface area is 143 Å². The molecule has 3 rings (SSSR count). The molecule has 1 aromatic carbocycles. The number of likely N-dealkylation sites (N-methyl/N-ethyl adjacent to an activating group) is 1. The molecule has 2 saturated heterocycles. The van der Waals surface area contributed by atoms with Crippen LogP contribution in [-0.2, 0) is 11.3 Å². The number of fused-ring (bicyclic) bond motifs is 2. The van der Waals surface area contributed by atoms with Gasteiger partial charge in [0.2, 0.25) is 0 Å². The molecule has 2 fully saturated rings. The zero-order chi connectivity index (χ0) is 16.9. The van der Waals surface area contributed by atoms with E-state index in [1.54, 1.807) is 7.05 Å². The van der Waals surface area contributed by atoms with Gasteiger partial charge >= 0.3 is 0 Å². The van der Waals surface area contributed by atoms with E-state index in [0.717, 1.165) is 44.0 Å². The van der Waals surface area contributed by atoms with Crippen molar-refractivity contribution in [1.82, 2.24) is 15.5 Å². The number of hydrogen-bond acceptors (Lipinski definition) is 3. The van der Waals surface area contributed by atoms with E-state index in [0.29, 0.717) is 18.2 Å². The minimum absolute atomic E-state index is 0.192. The molecule has 3 atom stereocenters. The first-order chi connectivity index (χ1) is 11.6. The van der Waals surface area contributed by atoms with E-state index in [-0.39, 0.29) is 5.82 Å². The van der Waals surface area contributed by atoms with Gasteiger partial charge in [0, 0.05) is 26.7 Å². The van der Waals surface area contributed by atoms with Crippen molar-refractivity contribution in [1.29, 1.82) is 0 Å². The highest BCUT2D eigenvalue weighted by Gasteiger charge is 2.41. The molecule has 0 radical (unpaired) electrons. The molecule has 1 aromatic rings. The molecule has 132 valence electrons. The summed E-state index contributed by atoms with van der Waals surface area (Å²) in [6.07, 6.45) is 4.21. The molecule has 0 aliphatic carbocycles. The summed E-state index contributed by atoms with van der Waals surface area (Å²) in [5.41, 5.74) is 1.11. The molecule has 2 aliphatic rings. The molecule has 2 bridgehead atoms. The highest BCUT2D eigenvalue weighted by atomic mass is 19.1. The van der Waals surface area contributed by atoms with E-state index in [1.807, 2.05) is 12.1 Å². The van der Waals surface area contributed by atoms with Gasteiger partial charge in [0.05, 0.1) is 18.2 Å². The second-order valence-corrected chi connectivity index (χ2v) is 6.72. The third-order valence-electron chi connectivity index (χ3n) is 4.80. The Morgan fingerprint density at radius 1 is 1.33 bits per heavy atom. The van der Waals surface area contributed by atoms with Gasteiger partial charge in [-0.15, -0.1) is 0 Å². The van der Waals surface area contributed by atoms with Crippen molar-refractivity contribution in [2.24, 2.45) is 4.99 Å². The third-order valence-corrected chi connectivity index (χ3v) is 4.80. The molecule has 5 nitrogen and oxygen atoms in total. The molecule has 6 heteroatoms. The number of aliphatic imine (C=N–C) groups is 1. The van der Waals surface area contributed by atoms with Gasteiger partial charge in [-0.3, -0.25) is 4.99 Å². The number of guanidine groups is 1. The van der Waals surface area contributed by atoms with Crippen LogP contribution in [0.2, 0.25) is 0 Å². The largest absolute Gasteiger partial charge is 0.373 e. The average molecular weight is 334 g/mol. The molecular formula is C18H27FN4O. The maximum Gasteiger partial charge on any atom is 0.191 e. The molecular weight excluding hydrogens is 307 g/mol. The number of benzene rings is 1. The Balaban J connectivity index is 1.37. The maximum atomic E-state index is 12.9. The fraction of sp³-hybridized carbons (Fsp3) is 0.611. The number of hydrogen-bond donors (Lipinski definition) is 2. The van der Waals surface area contributed by atoms with Crippen LogP contribution in [0.3, 0.4) is 0 Å². The monoisotopic (exact) mass is 334 g/mol. The number of ether oxygens (including phenoxy) is 1. The summed E-state index contributed by atoms with van der Waals surface area (Å²) < 4.78 is 18.8. The predicted molar refractivity (Wildman–Crippen MR) is 93.5 cm³/mol. The Morgan fingerprint density at radius 2 is 2.12 bits per heavy atom. The zero-order valence-corrected chi connectivity index (χ0v) is 14.5. The van der Waals surface area contributed by atoms with Gasteiger partial charge in [0.1, 0.15) is 5.82 Å². The molecule has 2 heterocycles. The smallest absolute Gasteiger partial charge is 0.191 e. The second-order valence-electron chi connectivity index (χ2n) is 6.72. The number of halogens is 1. The van der Waals surface area contributed by atoms with E-state index in [2.05, 4.69) is 27.6 Å². The highest BCUT2D eigenvalue weighted by Crippen LogP contribution is 2.34. The Bertz CT molecular complexity index is 563. The average Bonchev–Trinajstić information content (AvgIpc) is 3.19. The van der Waals surface area contributed by atoms with E-state index in [1.165, 1.54) is 18.6 Å². The second kappa shape index (κ2) is 7.94. The summed E-state index contributed by atoms with van der Waals surface area (Å²) in [5, 5.41) is 6.84. The van der Waals surface area contributed by atoms with Crippen LogP contribution in [0.15, 0.2) is 29.3 Å². The summed E-state index contributed by atoms with van der Waals surface area (Å²) in [6, 6.07) is 7.05. The van der Waals surface area contributed by atoms with Crippen molar-refractivity contribution in [2.45, 2.75) is 44.1 Å². The summed E-state index contributed by atoms with van der Waals surface area (Å²) in [4.78, 5) is 6.51. The number of rotatable bonds is 6. The normalized spacial score (nSPS) is 26.2. The van der Waals surface area contributed by atoms with Crippen LogP contribution >= 0.6 is 0 Å². The van der Waals surface area contributed by atoms with Gasteiger partial charge in [0.25, 0.3) is 0 Å². The van der Waals surface area contributed by atoms with Crippen molar-refractivity contribution in [3.05, 3.63) is 35.6 Å². The minimum atomic E-state index is -0.192. The molecule has 0 saturated carbocycles. The van der Waals surface area contributed by atoms with Crippen molar-refractivity contribution >= 4 is 5.96 Å². The van der Waals surface area contributed by atoms with E-state index in [9.17, 15) is 4.39 Å². The zero-order valence-electron chi connectivity index (χ0n) is 14.5. The first-order valence-electron chi connectivity index (χ1n) is 8.69. The minimum Gasteiger partial charge on any atom is -0.373 e. The fourth-order valence-corrected chi connectivity index (χ4v) is 3.51. The lowest BCUT2D eigenvalue weighted by Gasteiger charge is -2.23. The van der Waals surface area contributed by atoms with Crippen LogP contribution in [0.4, 0.5) is 4.39 Å². The molecule has 3 unspecified atom stereocenters. The number of nitrogens with zero attached hydrogens (tertiary/aromatic N) is 2. The summed E-state index contributed by atoms with van der Waals surface area (Å²) in [6.45, 7) is 2.48. The maximum absolute atomic E-state index is 12.9. The van der Waals surface area contributed by atoms with Crippen LogP contribution in [0, 0.1) is 5.82 Å². The van der Waals surface area contributed by atoms with Crippen molar-refractivity contribution in [3.8, 4) is 0 Å². The molecule has 2 aliphatic heterocycles. The van der Waals surface area contributed by atoms with Crippen molar-refractivity contribution in [2.75, 3.05) is 27.2 Å². The van der Waals surface area contributed by atoms with Gasteiger partial charge in [-0.2, -0.15) is 0 Å². The molecule has 0 spiro atoms. The lowest BCUT2D eigenvalue weighted by Crippen LogP contribution is -2.48. The van der Waals surface area contributed by atoms with E-state index in [4.69, 9.17) is 4.74 Å². The third kappa shape index (κ3) is 4.45. The standard InChI is InChI=1S/C18H27FN4O/c1-20-18(22-16-11-15-7-8-17(16)24-15)21-9-10-23(2)12-13-3-5-14(19)6-4-13/h3-6,15-17H,7-12H2,1-2H3,(H2,20,21,22). The topological polar surface area (TPSA) is 48.9 Å². The Morgan fingerprint density at radius 3 is 2.75 bits per heavy atom. The SMILES string of the molecule is CN=C(NCCN(C)Cc1ccc(F)cc1)NC1CC2CCC1O2. The van der Waals surface area contributed by atoms with Crippen molar-refractivity contribution in [3.63, 3.8) is 0 Å². The molecule has 0 amide bonds. The predicted octanol–water partition coefficient (Wildman–Crippen LogP) is 1.74.